The van der Waals surface area contributed by atoms with Gasteiger partial charge in [0.15, 0.2) is 0 Å². The number of nitrogens with one attached hydrogen (secondary N) is 1. The van der Waals surface area contributed by atoms with Crippen LogP contribution in [-0.2, 0) is 6.18 Å². The number of aromatic nitrogens is 1. The molecule has 2 aromatic rings. The number of halogens is 3. The Morgan fingerprint density at radius 2 is 2.00 bits per heavy atom. The average Bonchev–Trinajstić information content (AvgIpc) is 2.77. The summed E-state index contributed by atoms with van der Waals surface area (Å²) in [5.41, 5.74) is 0.364. The molecule has 0 fully saturated rings. The summed E-state index contributed by atoms with van der Waals surface area (Å²) in [4.78, 5) is 12.2. The van der Waals surface area contributed by atoms with E-state index in [0.717, 1.165) is 12.1 Å². The molecule has 0 unspecified atom stereocenters. The number of alkyl halides is 3. The first-order valence-corrected chi connectivity index (χ1v) is 6.61. The Balaban J connectivity index is 2.19. The Morgan fingerprint density at radius 3 is 2.55 bits per heavy atom. The molecule has 0 spiro atoms. The van der Waals surface area contributed by atoms with Gasteiger partial charge in [-0.15, -0.1) is 0 Å². The molecule has 4 nitrogen and oxygen atoms in total. The fraction of sp³-hybridized carbons (Fsp3) is 0.333. The Hall–Kier alpha value is -2.31. The van der Waals surface area contributed by atoms with Crippen molar-refractivity contribution in [1.82, 2.24) is 10.5 Å². The normalized spacial score (nSPS) is 13.0. The van der Waals surface area contributed by atoms with Crippen LogP contribution in [0.3, 0.4) is 0 Å². The first kappa shape index (κ1) is 16.1. The molecule has 0 radical (unpaired) electrons. The van der Waals surface area contributed by atoms with Gasteiger partial charge in [0.2, 0.25) is 0 Å². The fourth-order valence-electron chi connectivity index (χ4n) is 2.14. The van der Waals surface area contributed by atoms with Crippen LogP contribution in [0.4, 0.5) is 13.2 Å². The van der Waals surface area contributed by atoms with Crippen molar-refractivity contribution in [3.8, 4) is 0 Å². The van der Waals surface area contributed by atoms with E-state index in [-0.39, 0.29) is 0 Å². The summed E-state index contributed by atoms with van der Waals surface area (Å²) in [6.07, 6.45) is -4.42. The Kier molecular flexibility index (Phi) is 4.25. The van der Waals surface area contributed by atoms with Crippen LogP contribution in [0, 0.1) is 13.8 Å². The number of nitrogens with zero attached hydrogens (tertiary/aromatic N) is 1. The van der Waals surface area contributed by atoms with E-state index in [1.54, 1.807) is 20.8 Å². The number of amides is 1. The number of benzene rings is 1. The van der Waals surface area contributed by atoms with Crippen molar-refractivity contribution in [3.63, 3.8) is 0 Å². The van der Waals surface area contributed by atoms with Gasteiger partial charge in [0.25, 0.3) is 5.91 Å². The fourth-order valence-corrected chi connectivity index (χ4v) is 2.14. The number of hydrogen-bond acceptors (Lipinski definition) is 3. The molecule has 0 bridgehead atoms. The maximum Gasteiger partial charge on any atom is 0.416 e. The summed E-state index contributed by atoms with van der Waals surface area (Å²) in [5, 5.41) is 6.33. The molecule has 1 amide bonds. The third kappa shape index (κ3) is 3.29. The quantitative estimate of drug-likeness (QED) is 0.938. The molecule has 1 aromatic heterocycles. The predicted molar refractivity (Wildman–Crippen MR) is 73.3 cm³/mol. The van der Waals surface area contributed by atoms with Crippen molar-refractivity contribution >= 4 is 5.91 Å². The maximum atomic E-state index is 12.7. The highest BCUT2D eigenvalue weighted by molar-refractivity contribution is 5.96. The average molecular weight is 312 g/mol. The topological polar surface area (TPSA) is 55.1 Å². The van der Waals surface area contributed by atoms with Crippen LogP contribution in [-0.4, -0.2) is 11.1 Å². The molecule has 0 aliphatic carbocycles. The van der Waals surface area contributed by atoms with E-state index in [1.165, 1.54) is 12.1 Å². The molecule has 0 aliphatic rings. The van der Waals surface area contributed by atoms with Crippen molar-refractivity contribution in [1.29, 1.82) is 0 Å². The zero-order valence-electron chi connectivity index (χ0n) is 12.3. The molecule has 7 heteroatoms. The molecule has 118 valence electrons. The van der Waals surface area contributed by atoms with Crippen molar-refractivity contribution in [2.24, 2.45) is 0 Å². The van der Waals surface area contributed by atoms with Gasteiger partial charge < -0.3 is 9.84 Å². The minimum absolute atomic E-state index is 0.304. The number of carbonyl (C=O) groups excluding carboxylic acids is 1. The van der Waals surface area contributed by atoms with E-state index < -0.39 is 23.7 Å². The van der Waals surface area contributed by atoms with Crippen LogP contribution >= 0.6 is 0 Å². The van der Waals surface area contributed by atoms with Crippen LogP contribution < -0.4 is 5.32 Å². The van der Waals surface area contributed by atoms with Gasteiger partial charge in [0.05, 0.1) is 17.3 Å². The zero-order valence-corrected chi connectivity index (χ0v) is 12.3. The highest BCUT2D eigenvalue weighted by Crippen LogP contribution is 2.30. The van der Waals surface area contributed by atoms with Gasteiger partial charge >= 0.3 is 6.18 Å². The third-order valence-electron chi connectivity index (χ3n) is 3.32. The number of rotatable bonds is 3. The Labute approximate surface area is 125 Å². The van der Waals surface area contributed by atoms with Gasteiger partial charge in [0, 0.05) is 0 Å². The highest BCUT2D eigenvalue weighted by Gasteiger charge is 2.31. The summed E-state index contributed by atoms with van der Waals surface area (Å²) in [5.74, 6) is -0.0626. The summed E-state index contributed by atoms with van der Waals surface area (Å²) in [6.45, 7) is 4.84. The van der Waals surface area contributed by atoms with Gasteiger partial charge in [-0.3, -0.25) is 4.79 Å². The van der Waals surface area contributed by atoms with Crippen molar-refractivity contribution in [3.05, 3.63) is 52.4 Å². The molecular weight excluding hydrogens is 297 g/mol. The van der Waals surface area contributed by atoms with Crippen LogP contribution in [0.15, 0.2) is 28.8 Å². The molecule has 1 aromatic carbocycles. The second-order valence-electron chi connectivity index (χ2n) is 5.02. The smallest absolute Gasteiger partial charge is 0.361 e. The standard InChI is InChI=1S/C15H15F3N2O2/c1-8(11-5-4-6-12(7-11)15(16,17)18)19-14(21)13-9(2)20-22-10(13)3/h4-8H,1-3H3,(H,19,21)/t8-/m1/s1. The molecule has 0 aliphatic heterocycles. The van der Waals surface area contributed by atoms with Crippen molar-refractivity contribution in [2.75, 3.05) is 0 Å². The summed E-state index contributed by atoms with van der Waals surface area (Å²) in [7, 11) is 0. The number of hydrogen-bond donors (Lipinski definition) is 1. The van der Waals surface area contributed by atoms with Crippen LogP contribution in [0.5, 0.6) is 0 Å². The van der Waals surface area contributed by atoms with E-state index in [2.05, 4.69) is 10.5 Å². The first-order chi connectivity index (χ1) is 10.2. The van der Waals surface area contributed by atoms with E-state index in [0.29, 0.717) is 22.6 Å². The number of aryl methyl sites for hydroxylation is 2. The Bertz CT molecular complexity index is 673. The van der Waals surface area contributed by atoms with E-state index in [4.69, 9.17) is 4.52 Å². The molecule has 1 atom stereocenters. The second-order valence-corrected chi connectivity index (χ2v) is 5.02. The first-order valence-electron chi connectivity index (χ1n) is 6.61. The van der Waals surface area contributed by atoms with Crippen LogP contribution in [0.25, 0.3) is 0 Å². The van der Waals surface area contributed by atoms with Gasteiger partial charge in [-0.25, -0.2) is 0 Å². The lowest BCUT2D eigenvalue weighted by atomic mass is 10.0. The Morgan fingerprint density at radius 1 is 1.32 bits per heavy atom. The van der Waals surface area contributed by atoms with Crippen LogP contribution in [0.1, 0.15) is 45.9 Å². The lowest BCUT2D eigenvalue weighted by molar-refractivity contribution is -0.137. The van der Waals surface area contributed by atoms with Crippen LogP contribution in [0.2, 0.25) is 0 Å². The van der Waals surface area contributed by atoms with E-state index in [9.17, 15) is 18.0 Å². The van der Waals surface area contributed by atoms with E-state index in [1.807, 2.05) is 0 Å². The van der Waals surface area contributed by atoms with Crippen molar-refractivity contribution in [2.45, 2.75) is 33.0 Å². The SMILES string of the molecule is Cc1noc(C)c1C(=O)N[C@H](C)c1cccc(C(F)(F)F)c1. The van der Waals surface area contributed by atoms with Gasteiger partial charge in [-0.05, 0) is 38.5 Å². The molecule has 1 N–H and O–H groups in total. The minimum atomic E-state index is -4.42. The molecule has 1 heterocycles. The zero-order chi connectivity index (χ0) is 16.5. The summed E-state index contributed by atoms with van der Waals surface area (Å²) >= 11 is 0. The largest absolute Gasteiger partial charge is 0.416 e. The van der Waals surface area contributed by atoms with Gasteiger partial charge in [0.1, 0.15) is 11.3 Å². The lowest BCUT2D eigenvalue weighted by Gasteiger charge is -2.16. The van der Waals surface area contributed by atoms with E-state index >= 15 is 0 Å². The summed E-state index contributed by atoms with van der Waals surface area (Å²) < 4.78 is 43.1. The molecule has 0 saturated carbocycles. The molecular formula is C15H15F3N2O2. The summed E-state index contributed by atoms with van der Waals surface area (Å²) in [6, 6.07) is 4.29. The maximum absolute atomic E-state index is 12.7. The monoisotopic (exact) mass is 312 g/mol. The molecule has 22 heavy (non-hydrogen) atoms. The lowest BCUT2D eigenvalue weighted by Crippen LogP contribution is -2.27. The highest BCUT2D eigenvalue weighted by atomic mass is 19.4. The molecule has 2 rings (SSSR count). The second kappa shape index (κ2) is 5.82. The van der Waals surface area contributed by atoms with Crippen molar-refractivity contribution < 1.29 is 22.5 Å². The van der Waals surface area contributed by atoms with Gasteiger partial charge in [-0.1, -0.05) is 17.3 Å². The molecule has 0 saturated heterocycles. The number of carbonyl (C=O) groups is 1. The third-order valence-corrected chi connectivity index (χ3v) is 3.32. The minimum Gasteiger partial charge on any atom is -0.361 e. The predicted octanol–water partition coefficient (Wildman–Crippen LogP) is 3.80. The van der Waals surface area contributed by atoms with Gasteiger partial charge in [-0.2, -0.15) is 13.2 Å².